The van der Waals surface area contributed by atoms with Gasteiger partial charge in [0.2, 0.25) is 0 Å². The number of nitrogens with zero attached hydrogens (tertiary/aromatic N) is 1. The van der Waals surface area contributed by atoms with E-state index in [1.807, 2.05) is 77.9 Å². The average molecular weight is 473 g/mol. The van der Waals surface area contributed by atoms with Crippen LogP contribution in [0.25, 0.3) is 0 Å². The van der Waals surface area contributed by atoms with Crippen LogP contribution < -0.4 is 8.94 Å². The van der Waals surface area contributed by atoms with E-state index in [1.54, 1.807) is 0 Å². The van der Waals surface area contributed by atoms with Gasteiger partial charge in [-0.25, -0.2) is 0 Å². The van der Waals surface area contributed by atoms with Crippen LogP contribution in [0.1, 0.15) is 34.6 Å². The van der Waals surface area contributed by atoms with Crippen LogP contribution in [0, 0.1) is 0 Å². The van der Waals surface area contributed by atoms with Gasteiger partial charge in [-0.15, -0.1) is 0 Å². The number of hydrogen-bond donors (Lipinski definition) is 0. The molecule has 1 aromatic rings. The molecule has 0 fully saturated rings. The second kappa shape index (κ2) is 7.19. The Balaban J connectivity index is 3.77. The topological polar surface area (TPSA) is 37.4 Å². The normalized spacial score (nSPS) is 16.8. The van der Waals surface area contributed by atoms with Gasteiger partial charge in [0.05, 0.1) is 0 Å². The van der Waals surface area contributed by atoms with Crippen LogP contribution in [0.2, 0.25) is 7.78 Å². The van der Waals surface area contributed by atoms with Gasteiger partial charge in [-0.3, -0.25) is 0 Å². The number of alkyl halides is 2. The summed E-state index contributed by atoms with van der Waals surface area (Å²) in [7, 11) is 3.91. The first kappa shape index (κ1) is 21.2. The third-order valence-corrected chi connectivity index (χ3v) is 22.2. The minimum absolute atomic E-state index is 0.440. The first-order chi connectivity index (χ1) is 10.3. The molecular weight excluding hydrogens is 446 g/mol. The van der Waals surface area contributed by atoms with Crippen molar-refractivity contribution in [3.63, 3.8) is 0 Å². The average Bonchev–Trinajstić information content (AvgIpc) is 2.37. The maximum absolute atomic E-state index is 12.6. The molecule has 0 aliphatic carbocycles. The van der Waals surface area contributed by atoms with Crippen LogP contribution in [0.15, 0.2) is 24.3 Å². The molecule has 7 heteroatoms. The van der Waals surface area contributed by atoms with Crippen molar-refractivity contribution in [3.8, 4) is 0 Å². The summed E-state index contributed by atoms with van der Waals surface area (Å²) in [6.45, 7) is 9.70. The fraction of sp³-hybridized carbons (Fsp3) is 0.625. The summed E-state index contributed by atoms with van der Waals surface area (Å²) in [5.41, 5.74) is 1.03. The number of hydrogen-bond acceptors (Lipinski definition) is 3. The van der Waals surface area contributed by atoms with Crippen LogP contribution in [-0.2, 0) is 24.2 Å². The van der Waals surface area contributed by atoms with Gasteiger partial charge in [0, 0.05) is 0 Å². The van der Waals surface area contributed by atoms with Crippen molar-refractivity contribution < 1.29 is 24.2 Å². The van der Waals surface area contributed by atoms with Crippen molar-refractivity contribution in [2.75, 3.05) is 19.0 Å². The zero-order chi connectivity index (χ0) is 18.2. The third kappa shape index (κ3) is 3.58. The molecule has 3 nitrogen and oxygen atoms in total. The zero-order valence-electron chi connectivity index (χ0n) is 14.7. The summed E-state index contributed by atoms with van der Waals surface area (Å²) in [5, 5.41) is 0. The Labute approximate surface area is 153 Å². The second-order valence-electron chi connectivity index (χ2n) is 6.73. The molecule has 0 radical (unpaired) electrons. The summed E-state index contributed by atoms with van der Waals surface area (Å²) in [4.78, 5) is 1.22. The molecule has 0 amide bonds. The molecule has 136 valence electrons. The van der Waals surface area contributed by atoms with Gasteiger partial charge in [-0.05, 0) is 0 Å². The Morgan fingerprint density at radius 3 is 1.70 bits per heavy atom. The van der Waals surface area contributed by atoms with Crippen molar-refractivity contribution in [3.05, 3.63) is 24.3 Å². The van der Waals surface area contributed by atoms with E-state index in [4.69, 9.17) is 23.2 Å². The van der Waals surface area contributed by atoms with Crippen LogP contribution in [0.3, 0.4) is 0 Å². The molecule has 0 aromatic heterocycles. The van der Waals surface area contributed by atoms with E-state index in [2.05, 4.69) is 0 Å². The molecule has 0 spiro atoms. The number of benzene rings is 1. The predicted molar refractivity (Wildman–Crippen MR) is 97.9 cm³/mol. The Morgan fingerprint density at radius 2 is 1.43 bits per heavy atom. The van der Waals surface area contributed by atoms with E-state index in [1.165, 1.54) is 0 Å². The van der Waals surface area contributed by atoms with Gasteiger partial charge in [-0.2, -0.15) is 0 Å². The molecule has 0 saturated carbocycles. The fourth-order valence-corrected chi connectivity index (χ4v) is 18.8. The first-order valence-electron chi connectivity index (χ1n) is 7.15. The van der Waals surface area contributed by atoms with Crippen molar-refractivity contribution in [1.82, 2.24) is 0 Å². The summed E-state index contributed by atoms with van der Waals surface area (Å²) in [6, 6.07) is 7.78. The monoisotopic (exact) mass is 471 g/mol. The van der Waals surface area contributed by atoms with Gasteiger partial charge in [-0.1, -0.05) is 0 Å². The minimum atomic E-state index is -3.28. The predicted octanol–water partition coefficient (Wildman–Crippen LogP) is 5.84. The first-order valence-corrected chi connectivity index (χ1v) is 13.4. The zero-order valence-corrected chi connectivity index (χ0v) is 18.6. The number of anilines is 1. The molecular formula is C16H26Cl2NO2PPd. The summed E-state index contributed by atoms with van der Waals surface area (Å²) >= 11 is 9.24. The quantitative estimate of drug-likeness (QED) is 0.307. The van der Waals surface area contributed by atoms with Crippen LogP contribution in [-0.4, -0.2) is 18.9 Å². The molecule has 0 aliphatic rings. The molecule has 0 bridgehead atoms. The molecule has 1 unspecified atom stereocenters. The van der Waals surface area contributed by atoms with Gasteiger partial charge in [0.1, 0.15) is 0 Å². The SMILES string of the molecule is CN(C)c1cc[c]([Pd]([P](=O)=O)([C](C)(C)C)[C](C)(C)C(Cl)Cl)cc1. The van der Waals surface area contributed by atoms with Gasteiger partial charge >= 0.3 is 153 Å². The molecule has 0 saturated heterocycles. The molecule has 0 aliphatic heterocycles. The molecule has 1 rings (SSSR count). The Kier molecular flexibility index (Phi) is 6.63. The standard InChI is InChI=1S/C8H10N.C4H7Cl2.C4H9.O2P.Pd/c1-9(2)8-6-4-3-5-7-8;1-3(2)4(5)6;1-4(2)3;1-3-2;/h4-7H,1-2H3;4H,1-2H3;1-3H3;;. The summed E-state index contributed by atoms with van der Waals surface area (Å²) < 4.78 is 24.9. The van der Waals surface area contributed by atoms with Crippen LogP contribution in [0.4, 0.5) is 5.69 Å². The Hall–Kier alpha value is 0.162. The maximum atomic E-state index is 12.6. The van der Waals surface area contributed by atoms with Gasteiger partial charge < -0.3 is 0 Å². The molecule has 23 heavy (non-hydrogen) atoms. The summed E-state index contributed by atoms with van der Waals surface area (Å²) in [6.07, 6.45) is 0. The molecule has 0 heterocycles. The molecule has 1 aromatic carbocycles. The van der Waals surface area contributed by atoms with E-state index in [-0.39, 0.29) is 0 Å². The van der Waals surface area contributed by atoms with Crippen LogP contribution in [0.5, 0.6) is 0 Å². The van der Waals surface area contributed by atoms with Crippen molar-refractivity contribution in [2.45, 2.75) is 47.2 Å². The Bertz CT molecular complexity index is 614. The van der Waals surface area contributed by atoms with Gasteiger partial charge in [0.25, 0.3) is 0 Å². The molecule has 1 atom stereocenters. The second-order valence-corrected chi connectivity index (χ2v) is 19.9. The van der Waals surface area contributed by atoms with Crippen molar-refractivity contribution >= 4 is 38.8 Å². The van der Waals surface area contributed by atoms with Crippen LogP contribution >= 0.6 is 29.1 Å². The summed E-state index contributed by atoms with van der Waals surface area (Å²) in [5.74, 6) is -2.69. The Morgan fingerprint density at radius 1 is 1.00 bits per heavy atom. The van der Waals surface area contributed by atoms with E-state index in [0.717, 1.165) is 9.72 Å². The van der Waals surface area contributed by atoms with E-state index in [9.17, 15) is 9.13 Å². The van der Waals surface area contributed by atoms with Crippen molar-refractivity contribution in [2.24, 2.45) is 0 Å². The molecule has 0 N–H and O–H groups in total. The number of halogens is 2. The van der Waals surface area contributed by atoms with Gasteiger partial charge in [0.15, 0.2) is 0 Å². The van der Waals surface area contributed by atoms with E-state index >= 15 is 0 Å². The van der Waals surface area contributed by atoms with Crippen molar-refractivity contribution in [1.29, 1.82) is 0 Å². The van der Waals surface area contributed by atoms with E-state index < -0.39 is 33.5 Å². The third-order valence-electron chi connectivity index (χ3n) is 3.54. The number of rotatable bonds is 5. The van der Waals surface area contributed by atoms with E-state index in [0.29, 0.717) is 0 Å². The fourth-order valence-electron chi connectivity index (χ4n) is 2.49.